The lowest BCUT2D eigenvalue weighted by Crippen LogP contribution is -2.15. The molecule has 0 aliphatic rings. The Morgan fingerprint density at radius 3 is 3.13 bits per heavy atom. The summed E-state index contributed by atoms with van der Waals surface area (Å²) >= 11 is 0. The molecular weight excluding hydrogens is 192 g/mol. The van der Waals surface area contributed by atoms with Crippen LogP contribution < -0.4 is 5.56 Å². The first-order chi connectivity index (χ1) is 7.31. The lowest BCUT2D eigenvalue weighted by atomic mass is 10.2. The molecular formula is C10H14N4O. The van der Waals surface area contributed by atoms with Gasteiger partial charge in [-0.1, -0.05) is 19.8 Å². The van der Waals surface area contributed by atoms with E-state index in [0.29, 0.717) is 5.52 Å². The normalized spacial score (nSPS) is 11.0. The number of fused-ring (bicyclic) bond motifs is 1. The van der Waals surface area contributed by atoms with Crippen LogP contribution in [0.25, 0.3) is 5.52 Å². The molecule has 15 heavy (non-hydrogen) atoms. The first-order valence-electron chi connectivity index (χ1n) is 5.23. The average molecular weight is 206 g/mol. The highest BCUT2D eigenvalue weighted by atomic mass is 16.1. The zero-order valence-corrected chi connectivity index (χ0v) is 8.73. The van der Waals surface area contributed by atoms with Gasteiger partial charge < -0.3 is 4.98 Å². The summed E-state index contributed by atoms with van der Waals surface area (Å²) in [5.41, 5.74) is 0.378. The number of aromatic nitrogens is 4. The van der Waals surface area contributed by atoms with Gasteiger partial charge in [0.25, 0.3) is 5.56 Å². The largest absolute Gasteiger partial charge is 0.307 e. The van der Waals surface area contributed by atoms with Crippen molar-refractivity contribution in [3.05, 3.63) is 28.7 Å². The number of aryl methyl sites for hydroxylation is 1. The van der Waals surface area contributed by atoms with Gasteiger partial charge in [-0.25, -0.2) is 9.50 Å². The van der Waals surface area contributed by atoms with Gasteiger partial charge in [0, 0.05) is 6.42 Å². The van der Waals surface area contributed by atoms with Crippen molar-refractivity contribution in [3.63, 3.8) is 0 Å². The van der Waals surface area contributed by atoms with Gasteiger partial charge in [0.05, 0.1) is 6.20 Å². The monoisotopic (exact) mass is 206 g/mol. The third-order valence-corrected chi connectivity index (χ3v) is 2.36. The Hall–Kier alpha value is -1.65. The van der Waals surface area contributed by atoms with E-state index in [-0.39, 0.29) is 5.56 Å². The average Bonchev–Trinajstić information content (AvgIpc) is 2.66. The number of nitrogens with zero attached hydrogens (tertiary/aromatic N) is 3. The van der Waals surface area contributed by atoms with Gasteiger partial charge >= 0.3 is 0 Å². The Labute approximate surface area is 87.2 Å². The molecule has 2 rings (SSSR count). The molecule has 2 aromatic rings. The van der Waals surface area contributed by atoms with Crippen LogP contribution in [-0.2, 0) is 6.42 Å². The Morgan fingerprint density at radius 1 is 1.47 bits per heavy atom. The molecule has 5 heteroatoms. The summed E-state index contributed by atoms with van der Waals surface area (Å²) < 4.78 is 1.53. The molecule has 2 heterocycles. The molecule has 0 saturated carbocycles. The van der Waals surface area contributed by atoms with Crippen LogP contribution in [0.15, 0.2) is 17.3 Å². The second-order valence-electron chi connectivity index (χ2n) is 3.58. The van der Waals surface area contributed by atoms with Crippen LogP contribution in [0.2, 0.25) is 0 Å². The number of aromatic amines is 1. The van der Waals surface area contributed by atoms with E-state index in [1.54, 1.807) is 6.33 Å². The lowest BCUT2D eigenvalue weighted by Gasteiger charge is -2.00. The summed E-state index contributed by atoms with van der Waals surface area (Å²) in [7, 11) is 0. The van der Waals surface area contributed by atoms with Crippen LogP contribution in [-0.4, -0.2) is 19.6 Å². The second-order valence-corrected chi connectivity index (χ2v) is 3.58. The zero-order valence-electron chi connectivity index (χ0n) is 8.73. The molecule has 0 radical (unpaired) electrons. The van der Waals surface area contributed by atoms with Gasteiger partial charge in [-0.05, 0) is 6.42 Å². The molecule has 0 atom stereocenters. The van der Waals surface area contributed by atoms with Crippen molar-refractivity contribution in [2.24, 2.45) is 0 Å². The van der Waals surface area contributed by atoms with Crippen molar-refractivity contribution in [2.45, 2.75) is 32.6 Å². The lowest BCUT2D eigenvalue weighted by molar-refractivity contribution is 0.672. The maximum atomic E-state index is 11.5. The maximum Gasteiger partial charge on any atom is 0.276 e. The first kappa shape index (κ1) is 9.89. The number of H-pyrrole nitrogens is 1. The zero-order chi connectivity index (χ0) is 10.7. The van der Waals surface area contributed by atoms with E-state index in [1.807, 2.05) is 0 Å². The van der Waals surface area contributed by atoms with Crippen LogP contribution in [0.4, 0.5) is 0 Å². The Balaban J connectivity index is 2.25. The predicted octanol–water partition coefficient (Wildman–Crippen LogP) is 1.15. The number of imidazole rings is 1. The van der Waals surface area contributed by atoms with Gasteiger partial charge in [-0.15, -0.1) is 0 Å². The van der Waals surface area contributed by atoms with Crippen LogP contribution in [0.3, 0.4) is 0 Å². The molecule has 0 saturated heterocycles. The van der Waals surface area contributed by atoms with Crippen molar-refractivity contribution in [1.82, 2.24) is 19.6 Å². The Morgan fingerprint density at radius 2 is 2.33 bits per heavy atom. The molecule has 0 aliphatic carbocycles. The fourth-order valence-corrected chi connectivity index (χ4v) is 1.54. The van der Waals surface area contributed by atoms with E-state index in [1.165, 1.54) is 10.7 Å². The number of hydrogen-bond donors (Lipinski definition) is 1. The highest BCUT2D eigenvalue weighted by molar-refractivity contribution is 5.39. The smallest absolute Gasteiger partial charge is 0.276 e. The van der Waals surface area contributed by atoms with Crippen molar-refractivity contribution in [3.8, 4) is 0 Å². The van der Waals surface area contributed by atoms with Crippen LogP contribution in [0, 0.1) is 0 Å². The van der Waals surface area contributed by atoms with Crippen molar-refractivity contribution in [2.75, 3.05) is 0 Å². The minimum absolute atomic E-state index is 0.117. The standard InChI is InChI=1S/C10H14N4O/c1-2-3-4-5-9-12-10(15)8-6-11-7-14(8)13-9/h6-7H,2-5H2,1H3,(H,12,13,15). The number of hydrogen-bond acceptors (Lipinski definition) is 3. The Bertz CT molecular complexity index is 499. The summed E-state index contributed by atoms with van der Waals surface area (Å²) in [5.74, 6) is 0.735. The molecule has 1 N–H and O–H groups in total. The van der Waals surface area contributed by atoms with E-state index in [0.717, 1.165) is 31.5 Å². The van der Waals surface area contributed by atoms with Crippen LogP contribution in [0.5, 0.6) is 0 Å². The molecule has 0 unspecified atom stereocenters. The van der Waals surface area contributed by atoms with E-state index in [9.17, 15) is 4.79 Å². The van der Waals surface area contributed by atoms with Crippen LogP contribution in [0.1, 0.15) is 32.0 Å². The van der Waals surface area contributed by atoms with Gasteiger partial charge in [0.1, 0.15) is 17.7 Å². The van der Waals surface area contributed by atoms with Gasteiger partial charge in [-0.3, -0.25) is 4.79 Å². The maximum absolute atomic E-state index is 11.5. The minimum atomic E-state index is -0.117. The van der Waals surface area contributed by atoms with E-state index < -0.39 is 0 Å². The predicted molar refractivity (Wildman–Crippen MR) is 56.8 cm³/mol. The summed E-state index contributed by atoms with van der Waals surface area (Å²) in [6.45, 7) is 2.15. The number of nitrogens with one attached hydrogen (secondary N) is 1. The van der Waals surface area contributed by atoms with Gasteiger partial charge in [-0.2, -0.15) is 5.10 Å². The molecule has 2 aromatic heterocycles. The highest BCUT2D eigenvalue weighted by Gasteiger charge is 2.02. The fourth-order valence-electron chi connectivity index (χ4n) is 1.54. The third kappa shape index (κ3) is 2.06. The topological polar surface area (TPSA) is 63.1 Å². The summed E-state index contributed by atoms with van der Waals surface area (Å²) in [5, 5.41) is 4.27. The molecule has 0 aromatic carbocycles. The number of rotatable bonds is 4. The summed E-state index contributed by atoms with van der Waals surface area (Å²) in [6.07, 6.45) is 7.26. The van der Waals surface area contributed by atoms with Gasteiger partial charge in [0.2, 0.25) is 0 Å². The number of unbranched alkanes of at least 4 members (excludes halogenated alkanes) is 2. The van der Waals surface area contributed by atoms with Crippen molar-refractivity contribution < 1.29 is 0 Å². The molecule has 5 nitrogen and oxygen atoms in total. The minimum Gasteiger partial charge on any atom is -0.307 e. The second kappa shape index (κ2) is 4.25. The van der Waals surface area contributed by atoms with Crippen molar-refractivity contribution in [1.29, 1.82) is 0 Å². The summed E-state index contributed by atoms with van der Waals surface area (Å²) in [4.78, 5) is 18.2. The molecule has 0 bridgehead atoms. The fraction of sp³-hybridized carbons (Fsp3) is 0.500. The van der Waals surface area contributed by atoms with Gasteiger partial charge in [0.15, 0.2) is 0 Å². The molecule has 0 spiro atoms. The molecule has 0 aliphatic heterocycles. The van der Waals surface area contributed by atoms with Crippen LogP contribution >= 0.6 is 0 Å². The van der Waals surface area contributed by atoms with E-state index in [2.05, 4.69) is 22.0 Å². The third-order valence-electron chi connectivity index (χ3n) is 2.36. The van der Waals surface area contributed by atoms with E-state index in [4.69, 9.17) is 0 Å². The molecule has 0 amide bonds. The highest BCUT2D eigenvalue weighted by Crippen LogP contribution is 2.00. The SMILES string of the molecule is CCCCCc1nn2cncc2c(=O)[nH]1. The molecule has 80 valence electrons. The van der Waals surface area contributed by atoms with Crippen molar-refractivity contribution >= 4 is 5.52 Å². The first-order valence-corrected chi connectivity index (χ1v) is 5.23. The Kier molecular flexibility index (Phi) is 2.80. The van der Waals surface area contributed by atoms with E-state index >= 15 is 0 Å². The quantitative estimate of drug-likeness (QED) is 0.763. The molecule has 0 fully saturated rings. The summed E-state index contributed by atoms with van der Waals surface area (Å²) in [6, 6.07) is 0.